The Morgan fingerprint density at radius 2 is 2.06 bits per heavy atom. The first-order valence-corrected chi connectivity index (χ1v) is 10.7. The van der Waals surface area contributed by atoms with E-state index >= 15 is 0 Å². The van der Waals surface area contributed by atoms with Crippen LogP contribution in [0.2, 0.25) is 0 Å². The van der Waals surface area contributed by atoms with Crippen LogP contribution in [0.1, 0.15) is 37.3 Å². The molecule has 1 aromatic carbocycles. The van der Waals surface area contributed by atoms with Gasteiger partial charge in [0.2, 0.25) is 5.91 Å². The second-order valence-electron chi connectivity index (χ2n) is 8.82. The van der Waals surface area contributed by atoms with Crippen LogP contribution < -0.4 is 10.2 Å². The molecule has 31 heavy (non-hydrogen) atoms. The van der Waals surface area contributed by atoms with Crippen molar-refractivity contribution in [1.29, 1.82) is 0 Å². The van der Waals surface area contributed by atoms with Crippen molar-refractivity contribution in [3.05, 3.63) is 53.7 Å². The molecule has 2 fully saturated rings. The third-order valence-corrected chi connectivity index (χ3v) is 6.71. The van der Waals surface area contributed by atoms with Gasteiger partial charge >= 0.3 is 0 Å². The molecule has 2 aromatic rings. The van der Waals surface area contributed by atoms with Crippen molar-refractivity contribution in [1.82, 2.24) is 15.3 Å². The Bertz CT molecular complexity index is 948. The number of hydrogen-bond donors (Lipinski definition) is 2. The fourth-order valence-electron chi connectivity index (χ4n) is 4.79. The van der Waals surface area contributed by atoms with Gasteiger partial charge in [-0.05, 0) is 44.2 Å². The summed E-state index contributed by atoms with van der Waals surface area (Å²) < 4.78 is 20.2. The van der Waals surface area contributed by atoms with Gasteiger partial charge in [-0.25, -0.2) is 14.4 Å². The van der Waals surface area contributed by atoms with Crippen LogP contribution in [-0.4, -0.2) is 57.9 Å². The van der Waals surface area contributed by atoms with Gasteiger partial charge in [0.25, 0.3) is 0 Å². The van der Waals surface area contributed by atoms with Crippen LogP contribution in [0.25, 0.3) is 0 Å². The van der Waals surface area contributed by atoms with Crippen LogP contribution in [0.5, 0.6) is 0 Å². The van der Waals surface area contributed by atoms with Crippen LogP contribution in [0.3, 0.4) is 0 Å². The molecule has 0 unspecified atom stereocenters. The molecule has 3 heterocycles. The molecule has 8 heteroatoms. The first kappa shape index (κ1) is 21.6. The number of hydrogen-bond acceptors (Lipinski definition) is 6. The Hall–Kier alpha value is -2.58. The van der Waals surface area contributed by atoms with Crippen molar-refractivity contribution in [2.45, 2.75) is 56.8 Å². The largest absolute Gasteiger partial charge is 0.388 e. The van der Waals surface area contributed by atoms with E-state index in [-0.39, 0.29) is 18.1 Å². The molecule has 0 bridgehead atoms. The molecule has 2 saturated heterocycles. The molecule has 2 aliphatic heterocycles. The van der Waals surface area contributed by atoms with Crippen LogP contribution in [-0.2, 0) is 16.0 Å². The van der Waals surface area contributed by atoms with E-state index in [1.807, 2.05) is 43.0 Å². The van der Waals surface area contributed by atoms with E-state index in [9.17, 15) is 14.3 Å². The number of aromatic nitrogens is 2. The number of aryl methyl sites for hydroxylation is 1. The van der Waals surface area contributed by atoms with Gasteiger partial charge in [0, 0.05) is 19.7 Å². The first-order valence-electron chi connectivity index (χ1n) is 10.7. The normalized spacial score (nSPS) is 25.4. The molecule has 2 atom stereocenters. The summed E-state index contributed by atoms with van der Waals surface area (Å²) in [4.78, 5) is 22.4. The second-order valence-corrected chi connectivity index (χ2v) is 8.82. The van der Waals surface area contributed by atoms with E-state index in [0.717, 1.165) is 17.3 Å². The van der Waals surface area contributed by atoms with Crippen LogP contribution >= 0.6 is 0 Å². The van der Waals surface area contributed by atoms with Crippen molar-refractivity contribution in [2.75, 3.05) is 24.6 Å². The third-order valence-electron chi connectivity index (χ3n) is 6.71. The second kappa shape index (κ2) is 8.51. The minimum Gasteiger partial charge on any atom is -0.388 e. The quantitative estimate of drug-likeness (QED) is 0.776. The highest BCUT2D eigenvalue weighted by atomic mass is 19.1. The van der Waals surface area contributed by atoms with Crippen molar-refractivity contribution >= 4 is 11.7 Å². The molecule has 4 rings (SSSR count). The fraction of sp³-hybridized carbons (Fsp3) is 0.522. The zero-order valence-electron chi connectivity index (χ0n) is 18.0. The predicted molar refractivity (Wildman–Crippen MR) is 114 cm³/mol. The number of nitrogens with one attached hydrogen (secondary N) is 1. The molecule has 7 nitrogen and oxygen atoms in total. The zero-order valence-corrected chi connectivity index (χ0v) is 18.0. The number of amides is 1. The standard InChI is InChI=1S/C23H29FN4O3/c1-16-5-3-4-6-17(16)13-19(29)27-22(2)9-12-31-23(21(22)30)7-10-28(11-8-23)20-18(24)14-25-15-26-20/h3-6,14-15,21,30H,7-13H2,1-2H3,(H,27,29)/t21-,22+/m1/s1. The lowest BCUT2D eigenvalue weighted by molar-refractivity contribution is -0.198. The maximum Gasteiger partial charge on any atom is 0.224 e. The van der Waals surface area contributed by atoms with E-state index in [1.54, 1.807) is 0 Å². The molecular formula is C23H29FN4O3. The summed E-state index contributed by atoms with van der Waals surface area (Å²) in [5, 5.41) is 14.4. The van der Waals surface area contributed by atoms with Gasteiger partial charge in [0.1, 0.15) is 12.4 Å². The number of carbonyl (C=O) groups is 1. The van der Waals surface area contributed by atoms with E-state index in [2.05, 4.69) is 15.3 Å². The fourth-order valence-corrected chi connectivity index (χ4v) is 4.79. The Balaban J connectivity index is 1.44. The van der Waals surface area contributed by atoms with E-state index in [4.69, 9.17) is 4.74 Å². The summed E-state index contributed by atoms with van der Waals surface area (Å²) in [5.74, 6) is -0.310. The number of ether oxygens (including phenoxy) is 1. The predicted octanol–water partition coefficient (Wildman–Crippen LogP) is 2.16. The molecule has 0 saturated carbocycles. The summed E-state index contributed by atoms with van der Waals surface area (Å²) >= 11 is 0. The van der Waals surface area contributed by atoms with Gasteiger partial charge in [-0.1, -0.05) is 24.3 Å². The molecule has 0 radical (unpaired) electrons. The lowest BCUT2D eigenvalue weighted by Crippen LogP contribution is -2.69. The average molecular weight is 429 g/mol. The van der Waals surface area contributed by atoms with Crippen molar-refractivity contribution in [3.63, 3.8) is 0 Å². The van der Waals surface area contributed by atoms with E-state index < -0.39 is 23.1 Å². The smallest absolute Gasteiger partial charge is 0.224 e. The highest BCUT2D eigenvalue weighted by Crippen LogP contribution is 2.40. The number of halogens is 1. The molecule has 2 aliphatic rings. The molecule has 166 valence electrons. The van der Waals surface area contributed by atoms with Gasteiger partial charge in [-0.3, -0.25) is 4.79 Å². The Kier molecular flexibility index (Phi) is 5.94. The van der Waals surface area contributed by atoms with Crippen molar-refractivity contribution < 1.29 is 19.0 Å². The van der Waals surface area contributed by atoms with Crippen LogP contribution in [0.4, 0.5) is 10.2 Å². The summed E-state index contributed by atoms with van der Waals surface area (Å²) in [7, 11) is 0. The molecule has 0 aliphatic carbocycles. The average Bonchev–Trinajstić information content (AvgIpc) is 2.75. The van der Waals surface area contributed by atoms with Gasteiger partial charge < -0.3 is 20.1 Å². The Labute approximate surface area is 181 Å². The molecule has 1 amide bonds. The lowest BCUT2D eigenvalue weighted by Gasteiger charge is -2.53. The lowest BCUT2D eigenvalue weighted by atomic mass is 9.73. The number of nitrogens with zero attached hydrogens (tertiary/aromatic N) is 3. The minimum absolute atomic E-state index is 0.117. The van der Waals surface area contributed by atoms with Gasteiger partial charge in [-0.15, -0.1) is 0 Å². The van der Waals surface area contributed by atoms with Crippen LogP contribution in [0.15, 0.2) is 36.8 Å². The highest BCUT2D eigenvalue weighted by Gasteiger charge is 2.54. The number of aliphatic hydroxyl groups excluding tert-OH is 1. The SMILES string of the molecule is Cc1ccccc1CC(=O)N[C@@]1(C)CCOC2(CCN(c3ncncc3F)CC2)[C@@H]1O. The summed E-state index contributed by atoms with van der Waals surface area (Å²) in [5.41, 5.74) is 0.472. The topological polar surface area (TPSA) is 87.6 Å². The number of anilines is 1. The van der Waals surface area contributed by atoms with Crippen LogP contribution in [0, 0.1) is 12.7 Å². The number of aliphatic hydroxyl groups is 1. The van der Waals surface area contributed by atoms with E-state index in [0.29, 0.717) is 39.0 Å². The van der Waals surface area contributed by atoms with Crippen molar-refractivity contribution in [3.8, 4) is 0 Å². The molecule has 1 aromatic heterocycles. The molecule has 2 N–H and O–H groups in total. The highest BCUT2D eigenvalue weighted by molar-refractivity contribution is 5.79. The number of piperidine rings is 1. The summed E-state index contributed by atoms with van der Waals surface area (Å²) in [6, 6.07) is 7.80. The zero-order chi connectivity index (χ0) is 22.1. The van der Waals surface area contributed by atoms with Gasteiger partial charge in [0.15, 0.2) is 11.6 Å². The Morgan fingerprint density at radius 1 is 1.32 bits per heavy atom. The minimum atomic E-state index is -0.869. The van der Waals surface area contributed by atoms with Crippen molar-refractivity contribution in [2.24, 2.45) is 0 Å². The maximum atomic E-state index is 14.1. The van der Waals surface area contributed by atoms with E-state index in [1.165, 1.54) is 6.33 Å². The van der Waals surface area contributed by atoms with Gasteiger partial charge in [0.05, 0.1) is 23.8 Å². The summed E-state index contributed by atoms with van der Waals surface area (Å²) in [6.07, 6.45) is 3.44. The Morgan fingerprint density at radius 3 is 2.77 bits per heavy atom. The molecular weight excluding hydrogens is 399 g/mol. The number of rotatable bonds is 4. The van der Waals surface area contributed by atoms with Gasteiger partial charge in [-0.2, -0.15) is 0 Å². The summed E-state index contributed by atoms with van der Waals surface area (Å²) in [6.45, 7) is 5.31. The number of carbonyl (C=O) groups excluding carboxylic acids is 1. The monoisotopic (exact) mass is 428 g/mol. The first-order chi connectivity index (χ1) is 14.8. The maximum absolute atomic E-state index is 14.1. The number of benzene rings is 1. The third kappa shape index (κ3) is 4.27. The molecule has 1 spiro atoms.